The van der Waals surface area contributed by atoms with Gasteiger partial charge in [0.2, 0.25) is 0 Å². The highest BCUT2D eigenvalue weighted by Crippen LogP contribution is 2.25. The minimum atomic E-state index is -1.51. The van der Waals surface area contributed by atoms with Crippen molar-refractivity contribution in [1.29, 1.82) is 0 Å². The van der Waals surface area contributed by atoms with E-state index in [1.807, 2.05) is 0 Å². The summed E-state index contributed by atoms with van der Waals surface area (Å²) in [7, 11) is 1.57. The highest BCUT2D eigenvalue weighted by atomic mass is 79.9. The van der Waals surface area contributed by atoms with Crippen LogP contribution in [0.2, 0.25) is 0 Å². The minimum Gasteiger partial charge on any atom is -0.394 e. The van der Waals surface area contributed by atoms with Crippen LogP contribution in [0.15, 0.2) is 14.4 Å². The molecule has 9 nitrogen and oxygen atoms in total. The van der Waals surface area contributed by atoms with Gasteiger partial charge in [-0.15, -0.1) is 0 Å². The Morgan fingerprint density at radius 3 is 2.57 bits per heavy atom. The Hall–Kier alpha value is -0.690. The molecule has 0 amide bonds. The summed E-state index contributed by atoms with van der Waals surface area (Å²) in [5.74, 6) is 0.127. The van der Waals surface area contributed by atoms with Crippen LogP contribution < -0.4 is 10.9 Å². The maximum absolute atomic E-state index is 12.1. The fourth-order valence-corrected chi connectivity index (χ4v) is 3.20. The first kappa shape index (κ1) is 18.6. The lowest BCUT2D eigenvalue weighted by Gasteiger charge is -2.40. The Morgan fingerprint density at radius 2 is 2.00 bits per heavy atom. The summed E-state index contributed by atoms with van der Waals surface area (Å²) in [4.78, 5) is 16.4. The Labute approximate surface area is 144 Å². The molecule has 0 unspecified atom stereocenters. The van der Waals surface area contributed by atoms with Crippen molar-refractivity contribution in [1.82, 2.24) is 9.55 Å². The molecule has 1 saturated heterocycles. The molecule has 23 heavy (non-hydrogen) atoms. The number of thioether (sulfide) groups is 1. The third-order valence-corrected chi connectivity index (χ3v) is 4.99. The maximum Gasteiger partial charge on any atom is 0.270 e. The van der Waals surface area contributed by atoms with Gasteiger partial charge in [-0.2, -0.15) is 0 Å². The number of aliphatic hydroxyl groups excluding tert-OH is 4. The second-order valence-electron chi connectivity index (χ2n) is 5.02. The van der Waals surface area contributed by atoms with Crippen LogP contribution in [-0.2, 0) is 11.8 Å². The van der Waals surface area contributed by atoms with Crippen LogP contribution in [0.5, 0.6) is 0 Å². The second kappa shape index (κ2) is 7.47. The highest BCUT2D eigenvalue weighted by Gasteiger charge is 2.43. The van der Waals surface area contributed by atoms with E-state index in [1.165, 1.54) is 16.3 Å². The molecule has 5 atom stereocenters. The van der Waals surface area contributed by atoms with Gasteiger partial charge < -0.3 is 30.5 Å². The Balaban J connectivity index is 2.31. The highest BCUT2D eigenvalue weighted by molar-refractivity contribution is 9.10. The SMILES string of the molecule is CSc1nc(N[C@H]2O[C@@H](CO)[C@@H](O)[C@@H](O)[C@@H]2O)c(Br)c(=O)n1C. The van der Waals surface area contributed by atoms with Crippen molar-refractivity contribution in [2.75, 3.05) is 18.2 Å². The number of aliphatic hydroxyl groups is 4. The molecule has 0 radical (unpaired) electrons. The van der Waals surface area contributed by atoms with E-state index in [0.29, 0.717) is 5.16 Å². The van der Waals surface area contributed by atoms with E-state index in [1.54, 1.807) is 13.3 Å². The topological polar surface area (TPSA) is 137 Å². The van der Waals surface area contributed by atoms with Gasteiger partial charge in [-0.3, -0.25) is 9.36 Å². The molecule has 1 aromatic heterocycles. The lowest BCUT2D eigenvalue weighted by Crippen LogP contribution is -2.60. The normalized spacial score (nSPS) is 31.2. The summed E-state index contributed by atoms with van der Waals surface area (Å²) < 4.78 is 6.82. The Kier molecular flexibility index (Phi) is 6.05. The zero-order valence-corrected chi connectivity index (χ0v) is 14.8. The number of hydrogen-bond acceptors (Lipinski definition) is 9. The minimum absolute atomic E-state index is 0.127. The van der Waals surface area contributed by atoms with Gasteiger partial charge in [-0.1, -0.05) is 11.8 Å². The first-order chi connectivity index (χ1) is 10.8. The molecule has 0 bridgehead atoms. The molecule has 5 N–H and O–H groups in total. The summed E-state index contributed by atoms with van der Waals surface area (Å²) in [6, 6.07) is 0. The third kappa shape index (κ3) is 3.55. The zero-order chi connectivity index (χ0) is 17.3. The van der Waals surface area contributed by atoms with E-state index in [4.69, 9.17) is 4.74 Å². The lowest BCUT2D eigenvalue weighted by molar-refractivity contribution is -0.221. The van der Waals surface area contributed by atoms with Gasteiger partial charge in [-0.25, -0.2) is 4.98 Å². The fourth-order valence-electron chi connectivity index (χ4n) is 2.19. The molecule has 130 valence electrons. The average Bonchev–Trinajstić information content (AvgIpc) is 2.55. The summed E-state index contributed by atoms with van der Waals surface area (Å²) in [5.41, 5.74) is -0.337. The standard InChI is InChI=1S/C12H18BrN3O6S/c1-16-11(21)5(13)9(15-12(16)23-2)14-10-8(20)7(19)6(18)4(3-17)22-10/h4,6-8,10,14,17-20H,3H2,1-2H3/t4-,6+,7+,8-,10-/m0/s1. The van der Waals surface area contributed by atoms with Crippen LogP contribution >= 0.6 is 27.7 Å². The van der Waals surface area contributed by atoms with Crippen molar-refractivity contribution >= 4 is 33.5 Å². The largest absolute Gasteiger partial charge is 0.394 e. The fraction of sp³-hybridized carbons (Fsp3) is 0.667. The van der Waals surface area contributed by atoms with E-state index in [2.05, 4.69) is 26.2 Å². The van der Waals surface area contributed by atoms with Crippen molar-refractivity contribution in [3.05, 3.63) is 14.8 Å². The van der Waals surface area contributed by atoms with E-state index in [-0.39, 0.29) is 15.8 Å². The zero-order valence-electron chi connectivity index (χ0n) is 12.4. The van der Waals surface area contributed by atoms with Crippen molar-refractivity contribution < 1.29 is 25.2 Å². The van der Waals surface area contributed by atoms with E-state index in [9.17, 15) is 25.2 Å². The molecule has 0 spiro atoms. The monoisotopic (exact) mass is 411 g/mol. The number of rotatable bonds is 4. The maximum atomic E-state index is 12.1. The van der Waals surface area contributed by atoms with Gasteiger partial charge in [-0.05, 0) is 22.2 Å². The van der Waals surface area contributed by atoms with Crippen molar-refractivity contribution in [2.24, 2.45) is 7.05 Å². The molecule has 1 aliphatic rings. The molecule has 11 heteroatoms. The number of anilines is 1. The van der Waals surface area contributed by atoms with Crippen molar-refractivity contribution in [3.8, 4) is 0 Å². The molecule has 2 rings (SSSR count). The Morgan fingerprint density at radius 1 is 1.35 bits per heavy atom. The van der Waals surface area contributed by atoms with Gasteiger partial charge >= 0.3 is 0 Å². The van der Waals surface area contributed by atoms with Gasteiger partial charge in [0, 0.05) is 7.05 Å². The van der Waals surface area contributed by atoms with Crippen LogP contribution in [0.1, 0.15) is 0 Å². The number of hydrogen-bond donors (Lipinski definition) is 5. The molecule has 1 aliphatic heterocycles. The molecular formula is C12H18BrN3O6S. The van der Waals surface area contributed by atoms with E-state index in [0.717, 1.165) is 0 Å². The second-order valence-corrected chi connectivity index (χ2v) is 6.59. The molecule has 0 aliphatic carbocycles. The first-order valence-electron chi connectivity index (χ1n) is 6.69. The number of nitrogens with one attached hydrogen (secondary N) is 1. The number of nitrogens with zero attached hydrogens (tertiary/aromatic N) is 2. The molecule has 2 heterocycles. The van der Waals surface area contributed by atoms with Gasteiger partial charge in [0.15, 0.2) is 17.2 Å². The smallest absolute Gasteiger partial charge is 0.270 e. The number of aromatic nitrogens is 2. The average molecular weight is 412 g/mol. The van der Waals surface area contributed by atoms with Gasteiger partial charge in [0.25, 0.3) is 5.56 Å². The van der Waals surface area contributed by atoms with Crippen molar-refractivity contribution in [3.63, 3.8) is 0 Å². The molecule has 0 aromatic carbocycles. The third-order valence-electron chi connectivity index (χ3n) is 3.55. The van der Waals surface area contributed by atoms with E-state index >= 15 is 0 Å². The summed E-state index contributed by atoms with van der Waals surface area (Å²) in [6.45, 7) is -0.537. The Bertz CT molecular complexity index is 628. The van der Waals surface area contributed by atoms with Gasteiger partial charge in [0.05, 0.1) is 6.61 Å². The molecule has 0 saturated carbocycles. The van der Waals surface area contributed by atoms with Gasteiger partial charge in [0.1, 0.15) is 28.9 Å². The quantitative estimate of drug-likeness (QED) is 0.295. The number of ether oxygens (including phenoxy) is 1. The predicted octanol–water partition coefficient (Wildman–Crippen LogP) is -1.52. The molecule has 1 fully saturated rings. The lowest BCUT2D eigenvalue weighted by atomic mass is 9.98. The van der Waals surface area contributed by atoms with E-state index < -0.39 is 37.3 Å². The van der Waals surface area contributed by atoms with Crippen LogP contribution in [0.4, 0.5) is 5.82 Å². The van der Waals surface area contributed by atoms with Crippen LogP contribution in [0.3, 0.4) is 0 Å². The molecule has 1 aromatic rings. The number of halogens is 1. The first-order valence-corrected chi connectivity index (χ1v) is 8.71. The van der Waals surface area contributed by atoms with Crippen LogP contribution in [0, 0.1) is 0 Å². The molecular weight excluding hydrogens is 394 g/mol. The van der Waals surface area contributed by atoms with Crippen molar-refractivity contribution in [2.45, 2.75) is 35.8 Å². The van der Waals surface area contributed by atoms with Crippen LogP contribution in [-0.4, -0.2) is 73.5 Å². The summed E-state index contributed by atoms with van der Waals surface area (Å²) in [6.07, 6.45) is -4.87. The summed E-state index contributed by atoms with van der Waals surface area (Å²) in [5, 5.41) is 41.9. The summed E-state index contributed by atoms with van der Waals surface area (Å²) >= 11 is 4.39. The van der Waals surface area contributed by atoms with Crippen LogP contribution in [0.25, 0.3) is 0 Å². The predicted molar refractivity (Wildman–Crippen MR) is 86.3 cm³/mol.